The highest BCUT2D eigenvalue weighted by Crippen LogP contribution is 2.32. The maximum absolute atomic E-state index is 11.5. The zero-order valence-electron chi connectivity index (χ0n) is 8.77. The van der Waals surface area contributed by atoms with Gasteiger partial charge in [-0.05, 0) is 13.3 Å². The second-order valence-electron chi connectivity index (χ2n) is 4.07. The SMILES string of the molecule is C[C@@H]1C[C@H](C)C(n2ccc(=O)[nH]c2=O)O1. The minimum Gasteiger partial charge on any atom is -0.355 e. The van der Waals surface area contributed by atoms with Crippen LogP contribution in [0.2, 0.25) is 0 Å². The van der Waals surface area contributed by atoms with E-state index < -0.39 is 5.69 Å². The lowest BCUT2D eigenvalue weighted by Crippen LogP contribution is -2.33. The second-order valence-corrected chi connectivity index (χ2v) is 4.07. The normalized spacial score (nSPS) is 30.7. The number of H-pyrrole nitrogens is 1. The quantitative estimate of drug-likeness (QED) is 0.733. The second kappa shape index (κ2) is 3.66. The van der Waals surface area contributed by atoms with Crippen LogP contribution in [0.25, 0.3) is 0 Å². The van der Waals surface area contributed by atoms with Crippen molar-refractivity contribution in [3.63, 3.8) is 0 Å². The molecule has 82 valence electrons. The first kappa shape index (κ1) is 10.2. The molecule has 1 fully saturated rings. The van der Waals surface area contributed by atoms with Crippen LogP contribution in [0.4, 0.5) is 0 Å². The molecule has 1 aliphatic heterocycles. The zero-order chi connectivity index (χ0) is 11.0. The number of nitrogens with one attached hydrogen (secondary N) is 1. The summed E-state index contributed by atoms with van der Waals surface area (Å²) in [5.41, 5.74) is -0.789. The van der Waals surface area contributed by atoms with Gasteiger partial charge in [0.1, 0.15) is 6.23 Å². The Labute approximate surface area is 86.7 Å². The first-order valence-electron chi connectivity index (χ1n) is 5.05. The smallest absolute Gasteiger partial charge is 0.330 e. The van der Waals surface area contributed by atoms with E-state index in [1.54, 1.807) is 0 Å². The standard InChI is InChI=1S/C10H14N2O3/c1-6-5-7(2)15-9(6)12-4-3-8(13)11-10(12)14/h3-4,6-7,9H,5H2,1-2H3,(H,11,13,14)/t6-,7+,9?/m0/s1. The molecule has 1 aromatic rings. The molecule has 0 bridgehead atoms. The summed E-state index contributed by atoms with van der Waals surface area (Å²) in [6, 6.07) is 1.33. The molecule has 0 saturated carbocycles. The molecule has 15 heavy (non-hydrogen) atoms. The third-order valence-electron chi connectivity index (χ3n) is 2.69. The van der Waals surface area contributed by atoms with Crippen LogP contribution in [0, 0.1) is 5.92 Å². The monoisotopic (exact) mass is 210 g/mol. The van der Waals surface area contributed by atoms with E-state index in [0.29, 0.717) is 0 Å². The molecule has 1 N–H and O–H groups in total. The maximum Gasteiger partial charge on any atom is 0.330 e. The molecule has 1 unspecified atom stereocenters. The van der Waals surface area contributed by atoms with Crippen molar-refractivity contribution in [1.82, 2.24) is 9.55 Å². The van der Waals surface area contributed by atoms with Gasteiger partial charge in [-0.1, -0.05) is 6.92 Å². The zero-order valence-corrected chi connectivity index (χ0v) is 8.77. The molecule has 0 radical (unpaired) electrons. The van der Waals surface area contributed by atoms with Crippen LogP contribution in [0.15, 0.2) is 21.9 Å². The average Bonchev–Trinajstić information content (AvgIpc) is 2.45. The van der Waals surface area contributed by atoms with Gasteiger partial charge in [0, 0.05) is 18.2 Å². The summed E-state index contributed by atoms with van der Waals surface area (Å²) >= 11 is 0. The Balaban J connectivity index is 2.38. The van der Waals surface area contributed by atoms with Gasteiger partial charge in [0.15, 0.2) is 0 Å². The highest BCUT2D eigenvalue weighted by Gasteiger charge is 2.31. The van der Waals surface area contributed by atoms with Crippen LogP contribution in [-0.4, -0.2) is 15.7 Å². The largest absolute Gasteiger partial charge is 0.355 e. The third-order valence-corrected chi connectivity index (χ3v) is 2.69. The van der Waals surface area contributed by atoms with Crippen LogP contribution >= 0.6 is 0 Å². The van der Waals surface area contributed by atoms with Crippen molar-refractivity contribution < 1.29 is 4.74 Å². The Hall–Kier alpha value is -1.36. The maximum atomic E-state index is 11.5. The molecule has 2 rings (SSSR count). The van der Waals surface area contributed by atoms with Crippen molar-refractivity contribution in [3.05, 3.63) is 33.1 Å². The van der Waals surface area contributed by atoms with Crippen molar-refractivity contribution in [2.45, 2.75) is 32.6 Å². The Morgan fingerprint density at radius 2 is 2.20 bits per heavy atom. The predicted molar refractivity (Wildman–Crippen MR) is 54.7 cm³/mol. The average molecular weight is 210 g/mol. The highest BCUT2D eigenvalue weighted by atomic mass is 16.5. The summed E-state index contributed by atoms with van der Waals surface area (Å²) in [6.07, 6.45) is 2.31. The third kappa shape index (κ3) is 1.87. The topological polar surface area (TPSA) is 64.1 Å². The highest BCUT2D eigenvalue weighted by molar-refractivity contribution is 4.87. The molecular weight excluding hydrogens is 196 g/mol. The minimum absolute atomic E-state index is 0.156. The number of hydrogen-bond acceptors (Lipinski definition) is 3. The van der Waals surface area contributed by atoms with E-state index in [1.807, 2.05) is 13.8 Å². The molecule has 0 aromatic carbocycles. The van der Waals surface area contributed by atoms with E-state index in [-0.39, 0.29) is 23.8 Å². The molecule has 0 aliphatic carbocycles. The van der Waals surface area contributed by atoms with Gasteiger partial charge in [-0.2, -0.15) is 0 Å². The fourth-order valence-corrected chi connectivity index (χ4v) is 2.04. The summed E-state index contributed by atoms with van der Waals surface area (Å²) in [4.78, 5) is 24.6. The Morgan fingerprint density at radius 1 is 1.47 bits per heavy atom. The minimum atomic E-state index is -0.409. The van der Waals surface area contributed by atoms with Gasteiger partial charge in [0.2, 0.25) is 0 Å². The lowest BCUT2D eigenvalue weighted by Gasteiger charge is -2.17. The molecule has 5 nitrogen and oxygen atoms in total. The summed E-state index contributed by atoms with van der Waals surface area (Å²) < 4.78 is 7.06. The predicted octanol–water partition coefficient (Wildman–Crippen LogP) is 0.480. The van der Waals surface area contributed by atoms with Gasteiger partial charge < -0.3 is 4.74 Å². The Morgan fingerprint density at radius 3 is 2.73 bits per heavy atom. The number of aromatic amines is 1. The fraction of sp³-hybridized carbons (Fsp3) is 0.600. The van der Waals surface area contributed by atoms with Crippen LogP contribution in [0.1, 0.15) is 26.5 Å². The van der Waals surface area contributed by atoms with Crippen LogP contribution < -0.4 is 11.2 Å². The Bertz CT molecular complexity index is 462. The molecule has 0 spiro atoms. The van der Waals surface area contributed by atoms with E-state index in [1.165, 1.54) is 16.8 Å². The molecule has 1 saturated heterocycles. The van der Waals surface area contributed by atoms with E-state index in [9.17, 15) is 9.59 Å². The van der Waals surface area contributed by atoms with Crippen LogP contribution in [0.3, 0.4) is 0 Å². The summed E-state index contributed by atoms with van der Waals surface area (Å²) in [6.45, 7) is 4.01. The molecule has 2 heterocycles. The number of hydrogen-bond donors (Lipinski definition) is 1. The molecule has 1 aromatic heterocycles. The van der Waals surface area contributed by atoms with Crippen molar-refractivity contribution >= 4 is 0 Å². The van der Waals surface area contributed by atoms with Gasteiger partial charge in [-0.3, -0.25) is 14.3 Å². The number of rotatable bonds is 1. The van der Waals surface area contributed by atoms with Crippen LogP contribution in [0.5, 0.6) is 0 Å². The lowest BCUT2D eigenvalue weighted by atomic mass is 10.1. The molecule has 1 aliphatic rings. The molecular formula is C10H14N2O3. The fourth-order valence-electron chi connectivity index (χ4n) is 2.04. The summed E-state index contributed by atoms with van der Waals surface area (Å²) in [5, 5.41) is 0. The van der Waals surface area contributed by atoms with Crippen molar-refractivity contribution in [1.29, 1.82) is 0 Å². The number of nitrogens with zero attached hydrogens (tertiary/aromatic N) is 1. The summed E-state index contributed by atoms with van der Waals surface area (Å²) in [5.74, 6) is 0.281. The van der Waals surface area contributed by atoms with Gasteiger partial charge in [0.05, 0.1) is 6.10 Å². The van der Waals surface area contributed by atoms with Gasteiger partial charge >= 0.3 is 5.69 Å². The molecule has 3 atom stereocenters. The van der Waals surface area contributed by atoms with E-state index in [0.717, 1.165) is 6.42 Å². The lowest BCUT2D eigenvalue weighted by molar-refractivity contribution is -0.00556. The van der Waals surface area contributed by atoms with Crippen molar-refractivity contribution in [3.8, 4) is 0 Å². The number of ether oxygens (including phenoxy) is 1. The molecule has 5 heteroatoms. The van der Waals surface area contributed by atoms with Crippen LogP contribution in [-0.2, 0) is 4.74 Å². The first-order valence-corrected chi connectivity index (χ1v) is 5.05. The van der Waals surface area contributed by atoms with Gasteiger partial charge in [-0.25, -0.2) is 4.79 Å². The van der Waals surface area contributed by atoms with Crippen molar-refractivity contribution in [2.75, 3.05) is 0 Å². The van der Waals surface area contributed by atoms with E-state index in [4.69, 9.17) is 4.74 Å². The first-order chi connectivity index (χ1) is 7.08. The van der Waals surface area contributed by atoms with E-state index in [2.05, 4.69) is 4.98 Å². The molecule has 0 amide bonds. The Kier molecular flexibility index (Phi) is 2.48. The van der Waals surface area contributed by atoms with Gasteiger partial charge in [-0.15, -0.1) is 0 Å². The summed E-state index contributed by atoms with van der Waals surface area (Å²) in [7, 11) is 0. The van der Waals surface area contributed by atoms with Crippen molar-refractivity contribution in [2.24, 2.45) is 5.92 Å². The number of aromatic nitrogens is 2. The van der Waals surface area contributed by atoms with E-state index >= 15 is 0 Å². The van der Waals surface area contributed by atoms with Gasteiger partial charge in [0.25, 0.3) is 5.56 Å².